The Labute approximate surface area is 220 Å². The summed E-state index contributed by atoms with van der Waals surface area (Å²) in [5, 5.41) is 18.4. The first-order chi connectivity index (χ1) is 17.7. The number of pyridine rings is 1. The van der Waals surface area contributed by atoms with Crippen molar-refractivity contribution >= 4 is 47.1 Å². The van der Waals surface area contributed by atoms with Crippen molar-refractivity contribution in [3.8, 4) is 11.3 Å². The van der Waals surface area contributed by atoms with E-state index in [9.17, 15) is 9.82 Å². The molecule has 2 aromatic heterocycles. The molecular formula is C28H27BClN3O4. The molecule has 7 nitrogen and oxygen atoms in total. The summed E-state index contributed by atoms with van der Waals surface area (Å²) in [7, 11) is -1.11. The van der Waals surface area contributed by atoms with Crippen molar-refractivity contribution in [2.45, 2.75) is 47.1 Å². The third-order valence-corrected chi connectivity index (χ3v) is 6.95. The molecule has 2 aromatic carbocycles. The lowest BCUT2D eigenvalue weighted by Crippen LogP contribution is -2.38. The van der Waals surface area contributed by atoms with Gasteiger partial charge < -0.3 is 19.5 Å². The van der Waals surface area contributed by atoms with Crippen molar-refractivity contribution in [2.24, 2.45) is 5.16 Å². The maximum absolute atomic E-state index is 13.1. The lowest BCUT2D eigenvalue weighted by Gasteiger charge is -2.19. The highest BCUT2D eigenvalue weighted by atomic mass is 35.5. The number of anilines is 1. The molecule has 188 valence electrons. The Morgan fingerprint density at radius 2 is 1.89 bits per heavy atom. The van der Waals surface area contributed by atoms with E-state index in [1.165, 1.54) is 0 Å². The van der Waals surface area contributed by atoms with E-state index in [0.29, 0.717) is 45.1 Å². The van der Waals surface area contributed by atoms with Crippen molar-refractivity contribution in [1.82, 2.24) is 4.98 Å². The van der Waals surface area contributed by atoms with Gasteiger partial charge in [-0.15, -0.1) is 5.16 Å². The maximum Gasteiger partial charge on any atom is 0.583 e. The van der Waals surface area contributed by atoms with Crippen LogP contribution in [0.4, 0.5) is 5.69 Å². The summed E-state index contributed by atoms with van der Waals surface area (Å²) in [6.07, 6.45) is 1.59. The fourth-order valence-corrected chi connectivity index (χ4v) is 5.03. The van der Waals surface area contributed by atoms with Gasteiger partial charge in [-0.1, -0.05) is 43.6 Å². The summed E-state index contributed by atoms with van der Waals surface area (Å²) in [6, 6.07) is 11.2. The molecule has 0 amide bonds. The zero-order valence-corrected chi connectivity index (χ0v) is 22.1. The Balaban J connectivity index is 1.58. The van der Waals surface area contributed by atoms with Crippen LogP contribution in [0.15, 0.2) is 50.8 Å². The second kappa shape index (κ2) is 9.69. The zero-order chi connectivity index (χ0) is 26.4. The minimum atomic E-state index is -1.11. The normalized spacial score (nSPS) is 12.7. The molecule has 3 heterocycles. The van der Waals surface area contributed by atoms with Crippen LogP contribution in [-0.4, -0.2) is 23.3 Å². The van der Waals surface area contributed by atoms with Crippen molar-refractivity contribution in [3.63, 3.8) is 0 Å². The molecule has 4 aromatic rings. The van der Waals surface area contributed by atoms with Crippen LogP contribution in [0.5, 0.6) is 0 Å². The Morgan fingerprint density at radius 1 is 1.11 bits per heavy atom. The number of nitrogens with zero attached hydrogens (tertiary/aromatic N) is 2. The first kappa shape index (κ1) is 25.1. The van der Waals surface area contributed by atoms with E-state index in [4.69, 9.17) is 20.8 Å². The number of oxime groups is 1. The minimum Gasteiger partial charge on any atom is -0.460 e. The second-order valence-corrected chi connectivity index (χ2v) is 10.1. The predicted octanol–water partition coefficient (Wildman–Crippen LogP) is 5.22. The van der Waals surface area contributed by atoms with Crippen LogP contribution in [0.1, 0.15) is 53.3 Å². The number of benzene rings is 2. The molecule has 0 spiro atoms. The SMILES string of the molecule is Cc1cc(CNc2ccc(Cl)nc2-c2ccc3c(c2C)C=NOB3O)c2oc(C(C)C)c(C)c(=O)c2c1. The van der Waals surface area contributed by atoms with Crippen LogP contribution < -0.4 is 16.2 Å². The van der Waals surface area contributed by atoms with Crippen LogP contribution in [0.3, 0.4) is 0 Å². The fourth-order valence-electron chi connectivity index (χ4n) is 4.88. The molecule has 0 unspecified atom stereocenters. The predicted molar refractivity (Wildman–Crippen MR) is 149 cm³/mol. The summed E-state index contributed by atoms with van der Waals surface area (Å²) in [6.45, 7) is 10.2. The van der Waals surface area contributed by atoms with E-state index in [0.717, 1.165) is 33.5 Å². The second-order valence-electron chi connectivity index (χ2n) is 9.69. The summed E-state index contributed by atoms with van der Waals surface area (Å²) >= 11 is 6.31. The fraction of sp³-hybridized carbons (Fsp3) is 0.250. The summed E-state index contributed by atoms with van der Waals surface area (Å²) in [5.41, 5.74) is 7.71. The van der Waals surface area contributed by atoms with Gasteiger partial charge in [0.2, 0.25) is 0 Å². The Kier molecular flexibility index (Phi) is 6.56. The van der Waals surface area contributed by atoms with E-state index in [2.05, 4.69) is 15.5 Å². The van der Waals surface area contributed by atoms with Gasteiger partial charge >= 0.3 is 7.12 Å². The molecule has 5 rings (SSSR count). The zero-order valence-electron chi connectivity index (χ0n) is 21.3. The van der Waals surface area contributed by atoms with Crippen molar-refractivity contribution < 1.29 is 14.2 Å². The summed E-state index contributed by atoms with van der Waals surface area (Å²) < 4.78 is 11.3. The number of nitrogens with one attached hydrogen (secondary N) is 1. The lowest BCUT2D eigenvalue weighted by atomic mass is 9.74. The Morgan fingerprint density at radius 3 is 2.65 bits per heavy atom. The van der Waals surface area contributed by atoms with E-state index >= 15 is 0 Å². The number of aromatic nitrogens is 1. The molecule has 1 aliphatic rings. The highest BCUT2D eigenvalue weighted by molar-refractivity contribution is 6.62. The molecule has 0 bridgehead atoms. The standard InChI is InChI=1S/C28H27BClN3O4/c1-14(2)27-17(5)26(34)20-11-15(3)10-18(28(20)36-27)12-31-23-8-9-24(30)33-25(23)19-6-7-22-21(16(19)4)13-32-37-29(22)35/h6-11,13-14,31,35H,12H2,1-5H3. The number of hydrogen-bond donors (Lipinski definition) is 2. The van der Waals surface area contributed by atoms with E-state index in [-0.39, 0.29) is 11.3 Å². The van der Waals surface area contributed by atoms with E-state index in [1.54, 1.807) is 18.3 Å². The third kappa shape index (κ3) is 4.51. The van der Waals surface area contributed by atoms with Crippen LogP contribution in [-0.2, 0) is 11.3 Å². The van der Waals surface area contributed by atoms with Gasteiger partial charge in [-0.25, -0.2) is 4.98 Å². The molecule has 0 saturated carbocycles. The number of halogens is 1. The molecule has 2 N–H and O–H groups in total. The highest BCUT2D eigenvalue weighted by Gasteiger charge is 2.27. The van der Waals surface area contributed by atoms with E-state index < -0.39 is 7.12 Å². The monoisotopic (exact) mass is 515 g/mol. The highest BCUT2D eigenvalue weighted by Crippen LogP contribution is 2.33. The Hall–Kier alpha value is -3.62. The molecular weight excluding hydrogens is 489 g/mol. The van der Waals surface area contributed by atoms with Gasteiger partial charge in [0.05, 0.1) is 23.0 Å². The quantitative estimate of drug-likeness (QED) is 0.279. The number of rotatable bonds is 5. The molecule has 0 atom stereocenters. The first-order valence-corrected chi connectivity index (χ1v) is 12.5. The minimum absolute atomic E-state index is 0.00117. The van der Waals surface area contributed by atoms with Crippen molar-refractivity contribution in [2.75, 3.05) is 5.32 Å². The van der Waals surface area contributed by atoms with Crippen LogP contribution >= 0.6 is 11.6 Å². The van der Waals surface area contributed by atoms with Gasteiger partial charge in [0.25, 0.3) is 0 Å². The summed E-state index contributed by atoms with van der Waals surface area (Å²) in [4.78, 5) is 17.8. The third-order valence-electron chi connectivity index (χ3n) is 6.74. The number of hydrogen-bond acceptors (Lipinski definition) is 7. The number of aryl methyl sites for hydroxylation is 1. The average Bonchev–Trinajstić information content (AvgIpc) is 2.86. The largest absolute Gasteiger partial charge is 0.583 e. The maximum atomic E-state index is 13.1. The molecule has 0 aliphatic carbocycles. The van der Waals surface area contributed by atoms with Gasteiger partial charge in [-0.3, -0.25) is 4.79 Å². The van der Waals surface area contributed by atoms with Crippen LogP contribution in [0, 0.1) is 20.8 Å². The van der Waals surface area contributed by atoms with Crippen LogP contribution in [0.25, 0.3) is 22.2 Å². The van der Waals surface area contributed by atoms with Crippen LogP contribution in [0.2, 0.25) is 5.15 Å². The lowest BCUT2D eigenvalue weighted by molar-refractivity contribution is 0.286. The molecule has 1 aliphatic heterocycles. The van der Waals surface area contributed by atoms with Gasteiger partial charge in [0.15, 0.2) is 5.43 Å². The molecule has 9 heteroatoms. The molecule has 37 heavy (non-hydrogen) atoms. The molecule has 0 saturated heterocycles. The van der Waals surface area contributed by atoms with Gasteiger partial charge in [-0.05, 0) is 50.1 Å². The first-order valence-electron chi connectivity index (χ1n) is 12.1. The molecule has 0 radical (unpaired) electrons. The van der Waals surface area contributed by atoms with Crippen molar-refractivity contribution in [1.29, 1.82) is 0 Å². The molecule has 0 fully saturated rings. The van der Waals surface area contributed by atoms with Crippen molar-refractivity contribution in [3.05, 3.63) is 85.4 Å². The summed E-state index contributed by atoms with van der Waals surface area (Å²) in [5.74, 6) is 0.791. The van der Waals surface area contributed by atoms with Gasteiger partial charge in [-0.2, -0.15) is 0 Å². The smallest absolute Gasteiger partial charge is 0.460 e. The Bertz CT molecular complexity index is 1630. The topological polar surface area (TPSA) is 97.0 Å². The number of fused-ring (bicyclic) bond motifs is 2. The van der Waals surface area contributed by atoms with Gasteiger partial charge in [0, 0.05) is 40.2 Å². The van der Waals surface area contributed by atoms with E-state index in [1.807, 2.05) is 58.9 Å². The van der Waals surface area contributed by atoms with Gasteiger partial charge in [0.1, 0.15) is 16.5 Å². The average molecular weight is 516 g/mol.